The zero-order valence-corrected chi connectivity index (χ0v) is 4.87. The lowest BCUT2D eigenvalue weighted by molar-refractivity contribution is 0.386. The van der Waals surface area contributed by atoms with Crippen molar-refractivity contribution in [3.8, 4) is 0 Å². The molecule has 0 saturated carbocycles. The first-order valence-electron chi connectivity index (χ1n) is 1.15. The molecule has 0 amide bonds. The van der Waals surface area contributed by atoms with Gasteiger partial charge in [0.1, 0.15) is 5.55 Å². The van der Waals surface area contributed by atoms with Crippen molar-refractivity contribution < 1.29 is 15.3 Å². The van der Waals surface area contributed by atoms with Gasteiger partial charge in [0.2, 0.25) is 0 Å². The van der Waals surface area contributed by atoms with Crippen LogP contribution in [-0.2, 0) is 0 Å². The second-order valence-corrected chi connectivity index (χ2v) is 0.964. The van der Waals surface area contributed by atoms with Crippen LogP contribution >= 0.6 is 24.4 Å². The van der Waals surface area contributed by atoms with Gasteiger partial charge in [-0.3, -0.25) is 0 Å². The first-order chi connectivity index (χ1) is 3.15. The topological polar surface area (TPSA) is 60.7 Å². The van der Waals surface area contributed by atoms with Crippen LogP contribution in [0.2, 0.25) is 0 Å². The molecule has 5 heteroatoms. The zero-order valence-electron chi connectivity index (χ0n) is 3.24. The maximum Gasteiger partial charge on any atom is 0.347 e. The Kier molecular flexibility index (Phi) is 12.7. The van der Waals surface area contributed by atoms with Gasteiger partial charge in [0.25, 0.3) is 0 Å². The summed E-state index contributed by atoms with van der Waals surface area (Å²) in [7, 11) is 0. The van der Waals surface area contributed by atoms with E-state index < -0.39 is 5.24 Å². The molecule has 0 radical (unpaired) electrons. The predicted molar refractivity (Wildman–Crippen MR) is 34.1 cm³/mol. The minimum absolute atomic E-state index is 0.583. The van der Waals surface area contributed by atoms with Crippen molar-refractivity contribution in [1.29, 1.82) is 0 Å². The lowest BCUT2D eigenvalue weighted by Crippen LogP contribution is -1.80. The van der Waals surface area contributed by atoms with Gasteiger partial charge in [0.05, 0.1) is 0 Å². The summed E-state index contributed by atoms with van der Waals surface area (Å²) in [5, 5.41) is 20.9. The maximum atomic E-state index is 7.34. The Morgan fingerprint density at radius 2 is 1.43 bits per heavy atom. The lowest BCUT2D eigenvalue weighted by atomic mass is 11.5. The van der Waals surface area contributed by atoms with E-state index in [0.29, 0.717) is 5.55 Å². The van der Waals surface area contributed by atoms with E-state index in [1.807, 2.05) is 0 Å². The highest BCUT2D eigenvalue weighted by atomic mass is 32.1. The van der Waals surface area contributed by atoms with Crippen molar-refractivity contribution in [3.63, 3.8) is 0 Å². The molecule has 0 aliphatic rings. The van der Waals surface area contributed by atoms with Gasteiger partial charge in [-0.2, -0.15) is 0 Å². The Morgan fingerprint density at radius 3 is 1.43 bits per heavy atom. The molecule has 0 saturated heterocycles. The van der Waals surface area contributed by atoms with Crippen molar-refractivity contribution in [2.24, 2.45) is 0 Å². The third-order valence-electron chi connectivity index (χ3n) is 0. The normalized spacial score (nSPS) is 5.14. The molecule has 0 fully saturated rings. The van der Waals surface area contributed by atoms with Crippen molar-refractivity contribution in [2.45, 2.75) is 0 Å². The number of hydrogen-bond acceptors (Lipinski definition) is 2. The number of aliphatic hydroxyl groups is 3. The van der Waals surface area contributed by atoms with Crippen LogP contribution in [-0.4, -0.2) is 26.1 Å². The van der Waals surface area contributed by atoms with Gasteiger partial charge in [-0.1, -0.05) is 0 Å². The molecule has 0 aliphatic carbocycles. The Hall–Kier alpha value is -0.420. The largest absolute Gasteiger partial charge is 0.504 e. The number of hydrogen-bond donors (Lipinski definition) is 3. The van der Waals surface area contributed by atoms with Crippen LogP contribution in [0.25, 0.3) is 0 Å². The Morgan fingerprint density at radius 1 is 1.43 bits per heavy atom. The minimum Gasteiger partial charge on any atom is -0.504 e. The van der Waals surface area contributed by atoms with E-state index >= 15 is 0 Å². The van der Waals surface area contributed by atoms with E-state index in [2.05, 4.69) is 24.4 Å². The Bertz CT molecular complexity index is 58.0. The molecule has 42 valence electrons. The molecule has 0 aliphatic heterocycles. The monoisotopic (exact) mass is 140 g/mol. The van der Waals surface area contributed by atoms with Crippen LogP contribution in [0.15, 0.2) is 0 Å². The summed E-state index contributed by atoms with van der Waals surface area (Å²) in [5.74, 6) is 0. The Labute approximate surface area is 51.2 Å². The quantitative estimate of drug-likeness (QED) is 0.436. The first-order valence-corrected chi connectivity index (χ1v) is 2.02. The molecule has 0 aromatic rings. The average Bonchev–Trinajstić information content (AvgIpc) is 1.33. The van der Waals surface area contributed by atoms with Gasteiger partial charge < -0.3 is 15.3 Å². The fourth-order valence-electron chi connectivity index (χ4n) is 0. The van der Waals surface area contributed by atoms with Crippen LogP contribution in [0.1, 0.15) is 0 Å². The summed E-state index contributed by atoms with van der Waals surface area (Å²) in [5.41, 5.74) is 0.583. The van der Waals surface area contributed by atoms with Gasteiger partial charge in [-0.15, -0.1) is 0 Å². The molecule has 0 heterocycles. The van der Waals surface area contributed by atoms with E-state index in [1.54, 1.807) is 0 Å². The maximum absolute atomic E-state index is 7.34. The molecule has 0 aromatic heterocycles. The van der Waals surface area contributed by atoms with Crippen LogP contribution in [0.4, 0.5) is 0 Å². The molecule has 0 rings (SSSR count). The molecule has 7 heavy (non-hydrogen) atoms. The summed E-state index contributed by atoms with van der Waals surface area (Å²) in [6, 6.07) is 0. The molecule has 3 N–H and O–H groups in total. The van der Waals surface area contributed by atoms with E-state index in [4.69, 9.17) is 15.3 Å². The summed E-state index contributed by atoms with van der Waals surface area (Å²) in [6.07, 6.45) is 0. The number of rotatable bonds is 0. The summed E-state index contributed by atoms with van der Waals surface area (Å²) in [4.78, 5) is 0. The van der Waals surface area contributed by atoms with E-state index in [1.165, 1.54) is 0 Å². The first kappa shape index (κ1) is 9.77. The van der Waals surface area contributed by atoms with Crippen molar-refractivity contribution in [2.75, 3.05) is 0 Å². The van der Waals surface area contributed by atoms with E-state index in [-0.39, 0.29) is 0 Å². The molecule has 0 atom stereocenters. The summed E-state index contributed by atoms with van der Waals surface area (Å²) < 4.78 is 0. The smallest absolute Gasteiger partial charge is 0.347 e. The molecule has 3 nitrogen and oxygen atoms in total. The summed E-state index contributed by atoms with van der Waals surface area (Å²) >= 11 is 7.47. The number of thiocarbonyl (C=S) groups is 2. The lowest BCUT2D eigenvalue weighted by Gasteiger charge is -1.65. The molecule has 0 bridgehead atoms. The fraction of sp³-hybridized carbons (Fsp3) is 0. The van der Waals surface area contributed by atoms with Crippen LogP contribution in [0.5, 0.6) is 0 Å². The van der Waals surface area contributed by atoms with Gasteiger partial charge in [0.15, 0.2) is 0 Å². The van der Waals surface area contributed by atoms with E-state index in [9.17, 15) is 0 Å². The van der Waals surface area contributed by atoms with Gasteiger partial charge in [-0.25, -0.2) is 0 Å². The second-order valence-electron chi connectivity index (χ2n) is 0.388. The molecule has 0 spiro atoms. The molecular weight excluding hydrogens is 136 g/mol. The molecular formula is C2H4O3S2. The third-order valence-corrected chi connectivity index (χ3v) is 0. The average molecular weight is 140 g/mol. The molecule has 0 unspecified atom stereocenters. The Balaban J connectivity index is 0. The molecule has 0 aromatic carbocycles. The summed E-state index contributed by atoms with van der Waals surface area (Å²) in [6.45, 7) is 0. The SMILES string of the molecule is OC(O)=S.OC=S. The minimum atomic E-state index is -1.000. The highest BCUT2D eigenvalue weighted by Crippen LogP contribution is 1.47. The van der Waals surface area contributed by atoms with Gasteiger partial charge >= 0.3 is 5.24 Å². The number of aliphatic hydroxyl groups excluding tert-OH is 2. The van der Waals surface area contributed by atoms with E-state index in [0.717, 1.165) is 0 Å². The van der Waals surface area contributed by atoms with Gasteiger partial charge in [0, 0.05) is 12.2 Å². The second kappa shape index (κ2) is 9.13. The standard InChI is InChI=1S/CH2O2S.CH2OS/c2-1(3)4;2-1-3/h(H2,2,3,4);1H,(H,2,3). The van der Waals surface area contributed by atoms with Gasteiger partial charge in [-0.05, 0) is 12.2 Å². The van der Waals surface area contributed by atoms with Crippen molar-refractivity contribution in [3.05, 3.63) is 0 Å². The zero-order chi connectivity index (χ0) is 6.28. The third kappa shape index (κ3) is 405. The van der Waals surface area contributed by atoms with Crippen LogP contribution in [0.3, 0.4) is 0 Å². The predicted octanol–water partition coefficient (Wildman–Crippen LogP) is 0.889. The fourth-order valence-corrected chi connectivity index (χ4v) is 0. The van der Waals surface area contributed by atoms with Crippen molar-refractivity contribution in [1.82, 2.24) is 0 Å². The van der Waals surface area contributed by atoms with Crippen LogP contribution in [0, 0.1) is 0 Å². The van der Waals surface area contributed by atoms with Crippen LogP contribution < -0.4 is 0 Å². The van der Waals surface area contributed by atoms with Crippen molar-refractivity contribution >= 4 is 35.2 Å². The highest BCUT2D eigenvalue weighted by Gasteiger charge is 1.62. The highest BCUT2D eigenvalue weighted by molar-refractivity contribution is 7.79.